The largest absolute Gasteiger partial charge is 0.496 e. The molecule has 1 aromatic heterocycles. The lowest BCUT2D eigenvalue weighted by molar-refractivity contribution is 0.411. The molecule has 0 N–H and O–H groups in total. The monoisotopic (exact) mass is 322 g/mol. The Morgan fingerprint density at radius 1 is 1.04 bits per heavy atom. The maximum Gasteiger partial charge on any atom is 0.129 e. The highest BCUT2D eigenvalue weighted by Gasteiger charge is 2.15. The number of hydrogen-bond donors (Lipinski definition) is 0. The Hall–Kier alpha value is -2.26. The van der Waals surface area contributed by atoms with E-state index in [2.05, 4.69) is 73.1 Å². The number of likely N-dealkylation sites (N-methyl/N-ethyl adjacent to an activating group) is 1. The quantitative estimate of drug-likeness (QED) is 0.667. The predicted molar refractivity (Wildman–Crippen MR) is 102 cm³/mol. The number of aryl methyl sites for hydroxylation is 1. The van der Waals surface area contributed by atoms with E-state index in [9.17, 15) is 0 Å². The summed E-state index contributed by atoms with van der Waals surface area (Å²) < 4.78 is 8.10. The Morgan fingerprint density at radius 2 is 1.79 bits per heavy atom. The van der Waals surface area contributed by atoms with Gasteiger partial charge in [0.25, 0.3) is 0 Å². The molecule has 3 rings (SSSR count). The van der Waals surface area contributed by atoms with Crippen LogP contribution in [0.2, 0.25) is 0 Å². The van der Waals surface area contributed by atoms with Gasteiger partial charge in [-0.25, -0.2) is 0 Å². The lowest BCUT2D eigenvalue weighted by Crippen LogP contribution is -2.14. The highest BCUT2D eigenvalue weighted by atomic mass is 16.5. The summed E-state index contributed by atoms with van der Waals surface area (Å²) >= 11 is 0. The van der Waals surface area contributed by atoms with Crippen molar-refractivity contribution in [3.8, 4) is 16.9 Å². The molecule has 0 radical (unpaired) electrons. The van der Waals surface area contributed by atoms with Crippen LogP contribution in [0.4, 0.5) is 0 Å². The van der Waals surface area contributed by atoms with Gasteiger partial charge in [-0.3, -0.25) is 0 Å². The average Bonchev–Trinajstić information content (AvgIpc) is 2.98. The summed E-state index contributed by atoms with van der Waals surface area (Å²) in [7, 11) is 6.00. The number of ether oxygens (including phenoxy) is 1. The van der Waals surface area contributed by atoms with Crippen LogP contribution >= 0.6 is 0 Å². The molecule has 0 aliphatic rings. The van der Waals surface area contributed by atoms with Crippen LogP contribution in [0.5, 0.6) is 5.75 Å². The van der Waals surface area contributed by atoms with Crippen molar-refractivity contribution < 1.29 is 4.74 Å². The van der Waals surface area contributed by atoms with Crippen LogP contribution in [0.3, 0.4) is 0 Å². The SMILES string of the molecule is CCn1cc(CCN(C)C)c2c(OC)cc(-c3ccccc3)cc21. The van der Waals surface area contributed by atoms with Gasteiger partial charge in [-0.05, 0) is 56.3 Å². The van der Waals surface area contributed by atoms with Gasteiger partial charge >= 0.3 is 0 Å². The van der Waals surface area contributed by atoms with Crippen LogP contribution in [0, 0.1) is 0 Å². The van der Waals surface area contributed by atoms with E-state index < -0.39 is 0 Å². The smallest absolute Gasteiger partial charge is 0.129 e. The zero-order valence-corrected chi connectivity index (χ0v) is 15.0. The van der Waals surface area contributed by atoms with Crippen molar-refractivity contribution in [2.24, 2.45) is 0 Å². The highest BCUT2D eigenvalue weighted by Crippen LogP contribution is 2.36. The Morgan fingerprint density at radius 3 is 2.42 bits per heavy atom. The zero-order valence-electron chi connectivity index (χ0n) is 15.0. The normalized spacial score (nSPS) is 11.4. The number of fused-ring (bicyclic) bond motifs is 1. The molecule has 0 spiro atoms. The van der Waals surface area contributed by atoms with Crippen molar-refractivity contribution in [3.63, 3.8) is 0 Å². The molecular formula is C21H26N2O. The Kier molecular flexibility index (Phi) is 4.91. The number of nitrogens with zero attached hydrogens (tertiary/aromatic N) is 2. The molecule has 0 unspecified atom stereocenters. The number of benzene rings is 2. The first-order chi connectivity index (χ1) is 11.6. The lowest BCUT2D eigenvalue weighted by Gasteiger charge is -2.11. The van der Waals surface area contributed by atoms with E-state index in [1.165, 1.54) is 27.6 Å². The zero-order chi connectivity index (χ0) is 17.1. The molecule has 2 aromatic carbocycles. The predicted octanol–water partition coefficient (Wildman–Crippen LogP) is 4.44. The van der Waals surface area contributed by atoms with Gasteiger partial charge in [0.15, 0.2) is 0 Å². The molecule has 0 bridgehead atoms. The van der Waals surface area contributed by atoms with Crippen LogP contribution in [-0.4, -0.2) is 37.2 Å². The molecule has 0 saturated carbocycles. The molecule has 0 aliphatic carbocycles. The van der Waals surface area contributed by atoms with Crippen LogP contribution in [-0.2, 0) is 13.0 Å². The fourth-order valence-electron chi connectivity index (χ4n) is 3.23. The number of rotatable bonds is 6. The first kappa shape index (κ1) is 16.6. The van der Waals surface area contributed by atoms with Crippen molar-refractivity contribution in [1.29, 1.82) is 0 Å². The van der Waals surface area contributed by atoms with Crippen LogP contribution in [0.1, 0.15) is 12.5 Å². The summed E-state index contributed by atoms with van der Waals surface area (Å²) in [6.45, 7) is 4.18. The molecule has 0 saturated heterocycles. The van der Waals surface area contributed by atoms with Gasteiger partial charge in [0.1, 0.15) is 5.75 Å². The van der Waals surface area contributed by atoms with Gasteiger partial charge in [-0.15, -0.1) is 0 Å². The number of hydrogen-bond acceptors (Lipinski definition) is 2. The second-order valence-corrected chi connectivity index (χ2v) is 6.43. The van der Waals surface area contributed by atoms with Crippen molar-refractivity contribution in [1.82, 2.24) is 9.47 Å². The Bertz CT molecular complexity index is 819. The molecule has 3 nitrogen and oxygen atoms in total. The lowest BCUT2D eigenvalue weighted by atomic mass is 10.0. The molecule has 3 heteroatoms. The minimum Gasteiger partial charge on any atom is -0.496 e. The molecule has 0 atom stereocenters. The van der Waals surface area contributed by atoms with E-state index in [0.29, 0.717) is 0 Å². The fourth-order valence-corrected chi connectivity index (χ4v) is 3.23. The molecule has 3 aromatic rings. The third kappa shape index (κ3) is 3.17. The third-order valence-corrected chi connectivity index (χ3v) is 4.52. The van der Waals surface area contributed by atoms with E-state index in [-0.39, 0.29) is 0 Å². The first-order valence-electron chi connectivity index (χ1n) is 8.54. The first-order valence-corrected chi connectivity index (χ1v) is 8.54. The van der Waals surface area contributed by atoms with Gasteiger partial charge in [-0.2, -0.15) is 0 Å². The standard InChI is InChI=1S/C21H26N2O/c1-5-23-15-17(11-12-22(2)3)21-19(23)13-18(14-20(21)24-4)16-9-7-6-8-10-16/h6-10,13-15H,5,11-12H2,1-4H3. The van der Waals surface area contributed by atoms with Crippen LogP contribution in [0.15, 0.2) is 48.7 Å². The maximum atomic E-state index is 5.77. The van der Waals surface area contributed by atoms with Crippen LogP contribution < -0.4 is 4.74 Å². The summed E-state index contributed by atoms with van der Waals surface area (Å²) in [4.78, 5) is 2.22. The van der Waals surface area contributed by atoms with E-state index in [1.807, 2.05) is 6.07 Å². The second kappa shape index (κ2) is 7.10. The minimum atomic E-state index is 0.958. The molecule has 0 amide bonds. The Labute approximate surface area is 144 Å². The minimum absolute atomic E-state index is 0.958. The van der Waals surface area contributed by atoms with Crippen molar-refractivity contribution in [2.45, 2.75) is 19.9 Å². The molecule has 126 valence electrons. The Balaban J connectivity index is 2.17. The van der Waals surface area contributed by atoms with Crippen molar-refractivity contribution in [2.75, 3.05) is 27.7 Å². The summed E-state index contributed by atoms with van der Waals surface area (Å²) in [5.74, 6) is 0.965. The summed E-state index contributed by atoms with van der Waals surface area (Å²) in [6, 6.07) is 14.9. The highest BCUT2D eigenvalue weighted by molar-refractivity contribution is 5.94. The third-order valence-electron chi connectivity index (χ3n) is 4.52. The molecule has 0 aliphatic heterocycles. The summed E-state index contributed by atoms with van der Waals surface area (Å²) in [6.07, 6.45) is 3.31. The van der Waals surface area contributed by atoms with Gasteiger partial charge in [0.2, 0.25) is 0 Å². The van der Waals surface area contributed by atoms with Gasteiger partial charge in [0, 0.05) is 24.7 Å². The number of aromatic nitrogens is 1. The van der Waals surface area contributed by atoms with E-state index in [1.54, 1.807) is 7.11 Å². The molecule has 24 heavy (non-hydrogen) atoms. The van der Waals surface area contributed by atoms with E-state index >= 15 is 0 Å². The molecular weight excluding hydrogens is 296 g/mol. The van der Waals surface area contributed by atoms with Gasteiger partial charge in [-0.1, -0.05) is 30.3 Å². The summed E-state index contributed by atoms with van der Waals surface area (Å²) in [5.41, 5.74) is 5.03. The van der Waals surface area contributed by atoms with E-state index in [4.69, 9.17) is 4.74 Å². The summed E-state index contributed by atoms with van der Waals surface area (Å²) in [5, 5.41) is 1.25. The maximum absolute atomic E-state index is 5.77. The van der Waals surface area contributed by atoms with Crippen molar-refractivity contribution >= 4 is 10.9 Å². The van der Waals surface area contributed by atoms with Crippen LogP contribution in [0.25, 0.3) is 22.0 Å². The van der Waals surface area contributed by atoms with Crippen molar-refractivity contribution in [3.05, 3.63) is 54.2 Å². The van der Waals surface area contributed by atoms with Gasteiger partial charge < -0.3 is 14.2 Å². The van der Waals surface area contributed by atoms with E-state index in [0.717, 1.165) is 25.3 Å². The fraction of sp³-hybridized carbons (Fsp3) is 0.333. The second-order valence-electron chi connectivity index (χ2n) is 6.43. The average molecular weight is 322 g/mol. The molecule has 1 heterocycles. The topological polar surface area (TPSA) is 17.4 Å². The molecule has 0 fully saturated rings. The number of methoxy groups -OCH3 is 1. The van der Waals surface area contributed by atoms with Gasteiger partial charge in [0.05, 0.1) is 12.6 Å².